The van der Waals surface area contributed by atoms with Crippen molar-refractivity contribution in [3.63, 3.8) is 0 Å². The number of hydrogen-bond donors (Lipinski definition) is 3. The molecule has 0 aromatic carbocycles. The minimum atomic E-state index is -0.558. The molecule has 6 nitrogen and oxygen atoms in total. The number of carbonyl (C=O) groups is 2. The van der Waals surface area contributed by atoms with E-state index in [0.29, 0.717) is 30.3 Å². The van der Waals surface area contributed by atoms with Gasteiger partial charge in [0.05, 0.1) is 0 Å². The molecule has 0 aromatic rings. The van der Waals surface area contributed by atoms with Crippen LogP contribution < -0.4 is 10.6 Å². The van der Waals surface area contributed by atoms with E-state index in [2.05, 4.69) is 17.6 Å². The summed E-state index contributed by atoms with van der Waals surface area (Å²) in [5.74, 6) is 2.45. The maximum Gasteiger partial charge on any atom is 0.255 e. The molecule has 4 rings (SSSR count). The van der Waals surface area contributed by atoms with E-state index in [4.69, 9.17) is 5.41 Å². The standard InChI is InChI=1S/C29H50N4O2/c1-2-3-18-31-26(34)25-16-14-24(15-17-25)21-33-27(35)29(32-28(33)30,19-22-10-6-4-7-11-22)20-23-12-8-5-9-13-23/h22-25H,2-21H2,1H3,(H2,30,32)(H,31,34). The summed E-state index contributed by atoms with van der Waals surface area (Å²) >= 11 is 0. The van der Waals surface area contributed by atoms with E-state index in [-0.39, 0.29) is 17.7 Å². The summed E-state index contributed by atoms with van der Waals surface area (Å²) in [6.45, 7) is 3.57. The van der Waals surface area contributed by atoms with Gasteiger partial charge in [-0.25, -0.2) is 0 Å². The molecule has 3 aliphatic carbocycles. The molecular formula is C29H50N4O2. The van der Waals surface area contributed by atoms with E-state index >= 15 is 0 Å². The van der Waals surface area contributed by atoms with Crippen molar-refractivity contribution in [3.8, 4) is 0 Å². The van der Waals surface area contributed by atoms with Crippen LogP contribution in [-0.4, -0.2) is 41.3 Å². The second kappa shape index (κ2) is 12.6. The Morgan fingerprint density at radius 2 is 1.49 bits per heavy atom. The molecule has 198 valence electrons. The molecule has 0 spiro atoms. The van der Waals surface area contributed by atoms with Crippen molar-refractivity contribution < 1.29 is 9.59 Å². The van der Waals surface area contributed by atoms with E-state index in [1.807, 2.05) is 0 Å². The predicted molar refractivity (Wildman–Crippen MR) is 141 cm³/mol. The summed E-state index contributed by atoms with van der Waals surface area (Å²) in [5.41, 5.74) is -0.558. The Balaban J connectivity index is 1.36. The van der Waals surface area contributed by atoms with Crippen molar-refractivity contribution in [3.05, 3.63) is 0 Å². The van der Waals surface area contributed by atoms with Crippen LogP contribution in [0.1, 0.15) is 122 Å². The fourth-order valence-electron chi connectivity index (χ4n) is 7.41. The van der Waals surface area contributed by atoms with Gasteiger partial charge in [-0.3, -0.25) is 19.9 Å². The van der Waals surface area contributed by atoms with Crippen molar-refractivity contribution >= 4 is 17.8 Å². The second-order valence-electron chi connectivity index (χ2n) is 12.3. The van der Waals surface area contributed by atoms with Gasteiger partial charge in [0.25, 0.3) is 5.91 Å². The number of guanidine groups is 1. The fraction of sp³-hybridized carbons (Fsp3) is 0.897. The lowest BCUT2D eigenvalue weighted by Crippen LogP contribution is -2.50. The molecule has 4 aliphatic rings. The number of nitrogens with zero attached hydrogens (tertiary/aromatic N) is 1. The van der Waals surface area contributed by atoms with Gasteiger partial charge < -0.3 is 10.6 Å². The maximum absolute atomic E-state index is 14.0. The Morgan fingerprint density at radius 1 is 0.914 bits per heavy atom. The number of amides is 2. The summed E-state index contributed by atoms with van der Waals surface area (Å²) in [6.07, 6.45) is 20.4. The molecule has 0 unspecified atom stereocenters. The van der Waals surface area contributed by atoms with Crippen molar-refractivity contribution in [2.75, 3.05) is 13.1 Å². The fourth-order valence-corrected chi connectivity index (χ4v) is 7.41. The quantitative estimate of drug-likeness (QED) is 0.343. The van der Waals surface area contributed by atoms with E-state index in [0.717, 1.165) is 57.9 Å². The van der Waals surface area contributed by atoms with Crippen molar-refractivity contribution in [1.29, 1.82) is 5.41 Å². The SMILES string of the molecule is CCCCNC(=O)C1CCC(CN2C(=N)NC(CC3CCCCC3)(CC3CCCCC3)C2=O)CC1. The Bertz CT molecular complexity index is 698. The summed E-state index contributed by atoms with van der Waals surface area (Å²) in [6, 6.07) is 0. The zero-order valence-electron chi connectivity index (χ0n) is 22.2. The lowest BCUT2D eigenvalue weighted by molar-refractivity contribution is -0.133. The third kappa shape index (κ3) is 6.80. The molecule has 35 heavy (non-hydrogen) atoms. The third-order valence-electron chi connectivity index (χ3n) is 9.49. The molecular weight excluding hydrogens is 436 g/mol. The van der Waals surface area contributed by atoms with Crippen LogP contribution in [0.4, 0.5) is 0 Å². The topological polar surface area (TPSA) is 85.3 Å². The average molecular weight is 487 g/mol. The minimum Gasteiger partial charge on any atom is -0.356 e. The summed E-state index contributed by atoms with van der Waals surface area (Å²) in [7, 11) is 0. The zero-order chi connectivity index (χ0) is 24.7. The summed E-state index contributed by atoms with van der Waals surface area (Å²) in [4.78, 5) is 28.3. The average Bonchev–Trinajstić information content (AvgIpc) is 3.09. The number of unbranched alkanes of at least 4 members (excludes halogenated alkanes) is 1. The van der Waals surface area contributed by atoms with Crippen molar-refractivity contribution in [2.24, 2.45) is 23.7 Å². The highest BCUT2D eigenvalue weighted by molar-refractivity contribution is 6.08. The molecule has 3 N–H and O–H groups in total. The third-order valence-corrected chi connectivity index (χ3v) is 9.49. The summed E-state index contributed by atoms with van der Waals surface area (Å²) < 4.78 is 0. The first kappa shape index (κ1) is 26.5. The molecule has 2 amide bonds. The molecule has 4 fully saturated rings. The number of carbonyl (C=O) groups excluding carboxylic acids is 2. The number of nitrogens with one attached hydrogen (secondary N) is 3. The van der Waals surface area contributed by atoms with E-state index in [9.17, 15) is 9.59 Å². The minimum absolute atomic E-state index is 0.117. The zero-order valence-corrected chi connectivity index (χ0v) is 22.2. The van der Waals surface area contributed by atoms with Gasteiger partial charge in [0, 0.05) is 19.0 Å². The largest absolute Gasteiger partial charge is 0.356 e. The van der Waals surface area contributed by atoms with Gasteiger partial charge in [-0.1, -0.05) is 77.6 Å². The molecule has 1 heterocycles. The first-order valence-electron chi connectivity index (χ1n) is 15.0. The molecule has 3 saturated carbocycles. The normalized spacial score (nSPS) is 28.2. The van der Waals surface area contributed by atoms with Crippen LogP contribution >= 0.6 is 0 Å². The lowest BCUT2D eigenvalue weighted by Gasteiger charge is -2.37. The van der Waals surface area contributed by atoms with Crippen molar-refractivity contribution in [2.45, 2.75) is 128 Å². The van der Waals surface area contributed by atoms with Gasteiger partial charge in [0.1, 0.15) is 5.54 Å². The summed E-state index contributed by atoms with van der Waals surface area (Å²) in [5, 5.41) is 15.4. The van der Waals surface area contributed by atoms with E-state index in [1.54, 1.807) is 4.90 Å². The van der Waals surface area contributed by atoms with Gasteiger partial charge in [-0.2, -0.15) is 0 Å². The van der Waals surface area contributed by atoms with Crippen LogP contribution in [0.5, 0.6) is 0 Å². The van der Waals surface area contributed by atoms with Gasteiger partial charge in [-0.15, -0.1) is 0 Å². The Kier molecular flexibility index (Phi) is 9.52. The van der Waals surface area contributed by atoms with Crippen LogP contribution in [0.3, 0.4) is 0 Å². The van der Waals surface area contributed by atoms with E-state index in [1.165, 1.54) is 64.2 Å². The molecule has 0 aromatic heterocycles. The van der Waals surface area contributed by atoms with Gasteiger partial charge in [0.15, 0.2) is 5.96 Å². The van der Waals surface area contributed by atoms with Crippen molar-refractivity contribution in [1.82, 2.24) is 15.5 Å². The highest BCUT2D eigenvalue weighted by atomic mass is 16.2. The van der Waals surface area contributed by atoms with Crippen LogP contribution in [0.2, 0.25) is 0 Å². The first-order valence-corrected chi connectivity index (χ1v) is 15.0. The molecule has 1 saturated heterocycles. The van der Waals surface area contributed by atoms with Gasteiger partial charge >= 0.3 is 0 Å². The Labute approximate surface area is 213 Å². The van der Waals surface area contributed by atoms with Gasteiger partial charge in [-0.05, 0) is 62.7 Å². The Hall–Kier alpha value is -1.59. The number of hydrogen-bond acceptors (Lipinski definition) is 3. The Morgan fingerprint density at radius 3 is 2.03 bits per heavy atom. The maximum atomic E-state index is 14.0. The highest BCUT2D eigenvalue weighted by Gasteiger charge is 2.51. The van der Waals surface area contributed by atoms with E-state index < -0.39 is 5.54 Å². The smallest absolute Gasteiger partial charge is 0.255 e. The number of rotatable bonds is 10. The molecule has 0 bridgehead atoms. The lowest BCUT2D eigenvalue weighted by atomic mass is 9.72. The van der Waals surface area contributed by atoms with Crippen LogP contribution in [0, 0.1) is 29.1 Å². The second-order valence-corrected chi connectivity index (χ2v) is 12.3. The highest BCUT2D eigenvalue weighted by Crippen LogP contribution is 2.41. The van der Waals surface area contributed by atoms with Crippen LogP contribution in [-0.2, 0) is 9.59 Å². The van der Waals surface area contributed by atoms with Crippen LogP contribution in [0.25, 0.3) is 0 Å². The molecule has 0 radical (unpaired) electrons. The van der Waals surface area contributed by atoms with Gasteiger partial charge in [0.2, 0.25) is 5.91 Å². The molecule has 6 heteroatoms. The van der Waals surface area contributed by atoms with Crippen LogP contribution in [0.15, 0.2) is 0 Å². The predicted octanol–water partition coefficient (Wildman–Crippen LogP) is 5.76. The molecule has 1 aliphatic heterocycles. The first-order chi connectivity index (χ1) is 17.0. The molecule has 0 atom stereocenters. The monoisotopic (exact) mass is 486 g/mol.